The highest BCUT2D eigenvalue weighted by molar-refractivity contribution is 7.91. The fourth-order valence-electron chi connectivity index (χ4n) is 2.12. The van der Waals surface area contributed by atoms with Gasteiger partial charge >= 0.3 is 6.36 Å². The van der Waals surface area contributed by atoms with Gasteiger partial charge in [0, 0.05) is 5.69 Å². The first-order valence-corrected chi connectivity index (χ1v) is 9.20. The van der Waals surface area contributed by atoms with E-state index in [1.54, 1.807) is 0 Å². The van der Waals surface area contributed by atoms with Crippen LogP contribution in [-0.2, 0) is 14.6 Å². The average Bonchev–Trinajstić information content (AvgIpc) is 2.85. The number of benzene rings is 1. The number of alkyl halides is 3. The van der Waals surface area contributed by atoms with Crippen LogP contribution in [0.15, 0.2) is 24.3 Å². The van der Waals surface area contributed by atoms with Gasteiger partial charge in [-0.15, -0.1) is 13.2 Å². The maximum absolute atomic E-state index is 12.1. The predicted molar refractivity (Wildman–Crippen MR) is 87.4 cm³/mol. The number of hydrogen-bond acceptors (Lipinski definition) is 5. The van der Waals surface area contributed by atoms with E-state index in [2.05, 4.69) is 20.9 Å². The van der Waals surface area contributed by atoms with E-state index in [4.69, 9.17) is 12.2 Å². The van der Waals surface area contributed by atoms with E-state index in [1.807, 2.05) is 0 Å². The van der Waals surface area contributed by atoms with Crippen molar-refractivity contribution in [2.75, 3.05) is 16.8 Å². The fourth-order valence-corrected chi connectivity index (χ4v) is 4.03. The lowest BCUT2D eigenvalue weighted by atomic mass is 10.1. The molecule has 1 fully saturated rings. The summed E-state index contributed by atoms with van der Waals surface area (Å²) in [5.74, 6) is -1.76. The van der Waals surface area contributed by atoms with Gasteiger partial charge in [0.15, 0.2) is 14.9 Å². The first kappa shape index (κ1) is 19.2. The Bertz CT molecular complexity index is 751. The Morgan fingerprint density at radius 2 is 1.84 bits per heavy atom. The minimum atomic E-state index is -4.77. The zero-order valence-electron chi connectivity index (χ0n) is 12.6. The van der Waals surface area contributed by atoms with Crippen LogP contribution in [0.5, 0.6) is 5.75 Å². The van der Waals surface area contributed by atoms with Gasteiger partial charge < -0.3 is 10.1 Å². The highest BCUT2D eigenvalue weighted by Crippen LogP contribution is 2.24. The topological polar surface area (TPSA) is 96.5 Å². The van der Waals surface area contributed by atoms with Crippen LogP contribution in [0.4, 0.5) is 18.9 Å². The number of anilines is 1. The number of hydrazine groups is 1. The Morgan fingerprint density at radius 1 is 1.20 bits per heavy atom. The van der Waals surface area contributed by atoms with Crippen molar-refractivity contribution in [2.24, 2.45) is 5.92 Å². The number of nitrogens with one attached hydrogen (secondary N) is 3. The molecule has 138 valence electrons. The van der Waals surface area contributed by atoms with Crippen LogP contribution in [0.2, 0.25) is 0 Å². The van der Waals surface area contributed by atoms with Gasteiger partial charge in [0.25, 0.3) is 0 Å². The molecule has 3 N–H and O–H groups in total. The smallest absolute Gasteiger partial charge is 0.406 e. The van der Waals surface area contributed by atoms with Gasteiger partial charge in [0.2, 0.25) is 5.91 Å². The van der Waals surface area contributed by atoms with Crippen molar-refractivity contribution in [3.8, 4) is 5.75 Å². The monoisotopic (exact) mass is 397 g/mol. The van der Waals surface area contributed by atoms with Crippen LogP contribution < -0.4 is 20.9 Å². The van der Waals surface area contributed by atoms with E-state index in [0.717, 1.165) is 12.1 Å². The molecular formula is C13H14F3N3O4S2. The first-order chi connectivity index (χ1) is 11.5. The molecule has 0 radical (unpaired) electrons. The molecular weight excluding hydrogens is 383 g/mol. The van der Waals surface area contributed by atoms with Gasteiger partial charge in [0.05, 0.1) is 17.4 Å². The maximum atomic E-state index is 12.1. The molecule has 1 aliphatic heterocycles. The predicted octanol–water partition coefficient (Wildman–Crippen LogP) is 1.34. The third-order valence-electron chi connectivity index (χ3n) is 3.25. The Kier molecular flexibility index (Phi) is 5.72. The van der Waals surface area contributed by atoms with Crippen LogP contribution in [0.1, 0.15) is 6.42 Å². The molecule has 0 saturated carbocycles. The van der Waals surface area contributed by atoms with Crippen molar-refractivity contribution in [3.05, 3.63) is 24.3 Å². The van der Waals surface area contributed by atoms with E-state index in [9.17, 15) is 26.4 Å². The van der Waals surface area contributed by atoms with Gasteiger partial charge in [-0.05, 0) is 42.9 Å². The SMILES string of the molecule is O=C(NNC(=S)Nc1ccc(OC(F)(F)F)cc1)[C@@H]1CCS(=O)(=O)C1. The summed E-state index contributed by atoms with van der Waals surface area (Å²) in [5.41, 5.74) is 5.06. The Balaban J connectivity index is 1.79. The van der Waals surface area contributed by atoms with E-state index >= 15 is 0 Å². The number of carbonyl (C=O) groups is 1. The summed E-state index contributed by atoms with van der Waals surface area (Å²) >= 11 is 4.93. The van der Waals surface area contributed by atoms with Gasteiger partial charge in [-0.1, -0.05) is 0 Å². The molecule has 1 heterocycles. The number of halogens is 3. The number of ether oxygens (including phenoxy) is 1. The normalized spacial score (nSPS) is 19.1. The summed E-state index contributed by atoms with van der Waals surface area (Å²) in [7, 11) is -3.17. The molecule has 12 heteroatoms. The molecule has 0 aliphatic carbocycles. The van der Waals surface area contributed by atoms with Crippen molar-refractivity contribution in [2.45, 2.75) is 12.8 Å². The number of rotatable bonds is 3. The number of carbonyl (C=O) groups excluding carboxylic acids is 1. The highest BCUT2D eigenvalue weighted by Gasteiger charge is 2.33. The van der Waals surface area contributed by atoms with Gasteiger partial charge in [-0.25, -0.2) is 8.42 Å². The minimum Gasteiger partial charge on any atom is -0.406 e. The quantitative estimate of drug-likeness (QED) is 0.523. The van der Waals surface area contributed by atoms with E-state index < -0.39 is 28.0 Å². The van der Waals surface area contributed by atoms with E-state index in [1.165, 1.54) is 12.1 Å². The number of hydrogen-bond donors (Lipinski definition) is 3. The summed E-state index contributed by atoms with van der Waals surface area (Å²) < 4.78 is 62.5. The minimum absolute atomic E-state index is 0.0151. The summed E-state index contributed by atoms with van der Waals surface area (Å²) in [6.45, 7) is 0. The molecule has 2 rings (SSSR count). The molecule has 1 amide bonds. The second-order valence-corrected chi connectivity index (χ2v) is 7.88. The third kappa shape index (κ3) is 6.38. The number of amides is 1. The Hall–Kier alpha value is -2.08. The van der Waals surface area contributed by atoms with Crippen LogP contribution in [-0.4, -0.2) is 37.3 Å². The molecule has 1 aliphatic rings. The van der Waals surface area contributed by atoms with Crippen molar-refractivity contribution in [3.63, 3.8) is 0 Å². The molecule has 0 aromatic heterocycles. The zero-order chi connectivity index (χ0) is 18.7. The molecule has 0 spiro atoms. The van der Waals surface area contributed by atoms with Crippen LogP contribution in [0, 0.1) is 5.92 Å². The van der Waals surface area contributed by atoms with Crippen LogP contribution >= 0.6 is 12.2 Å². The Morgan fingerprint density at radius 3 is 2.36 bits per heavy atom. The Labute approximate surface area is 146 Å². The van der Waals surface area contributed by atoms with E-state index in [0.29, 0.717) is 5.69 Å². The van der Waals surface area contributed by atoms with Crippen LogP contribution in [0.25, 0.3) is 0 Å². The number of thiocarbonyl (C=S) groups is 1. The molecule has 0 unspecified atom stereocenters. The van der Waals surface area contributed by atoms with E-state index in [-0.39, 0.29) is 28.8 Å². The second-order valence-electron chi connectivity index (χ2n) is 5.24. The van der Waals surface area contributed by atoms with Crippen molar-refractivity contribution in [1.82, 2.24) is 10.9 Å². The largest absolute Gasteiger partial charge is 0.573 e. The van der Waals surface area contributed by atoms with Gasteiger partial charge in [-0.2, -0.15) is 0 Å². The first-order valence-electron chi connectivity index (χ1n) is 6.97. The fraction of sp³-hybridized carbons (Fsp3) is 0.385. The summed E-state index contributed by atoms with van der Waals surface area (Å²) in [6, 6.07) is 4.81. The molecule has 1 saturated heterocycles. The zero-order valence-corrected chi connectivity index (χ0v) is 14.2. The number of sulfone groups is 1. The third-order valence-corrected chi connectivity index (χ3v) is 5.22. The molecule has 7 nitrogen and oxygen atoms in total. The summed E-state index contributed by atoms with van der Waals surface area (Å²) in [4.78, 5) is 11.8. The van der Waals surface area contributed by atoms with Crippen molar-refractivity contribution in [1.29, 1.82) is 0 Å². The molecule has 1 aromatic carbocycles. The summed E-state index contributed by atoms with van der Waals surface area (Å²) in [5, 5.41) is 2.63. The lowest BCUT2D eigenvalue weighted by Crippen LogP contribution is -2.46. The second kappa shape index (κ2) is 7.44. The summed E-state index contributed by atoms with van der Waals surface area (Å²) in [6.07, 6.45) is -4.53. The van der Waals surface area contributed by atoms with Crippen LogP contribution in [0.3, 0.4) is 0 Å². The van der Waals surface area contributed by atoms with Crippen molar-refractivity contribution >= 4 is 38.8 Å². The standard InChI is InChI=1S/C13H14F3N3O4S2/c14-13(15,16)23-10-3-1-9(2-4-10)17-12(24)19-18-11(20)8-5-6-25(21,22)7-8/h1-4,8H,5-7H2,(H,18,20)(H2,17,19,24)/t8-/m1/s1. The van der Waals surface area contributed by atoms with Crippen molar-refractivity contribution < 1.29 is 31.1 Å². The lowest BCUT2D eigenvalue weighted by molar-refractivity contribution is -0.274. The molecule has 1 aromatic rings. The van der Waals surface area contributed by atoms with Gasteiger partial charge in [0.1, 0.15) is 5.75 Å². The maximum Gasteiger partial charge on any atom is 0.573 e. The highest BCUT2D eigenvalue weighted by atomic mass is 32.2. The molecule has 1 atom stereocenters. The average molecular weight is 397 g/mol. The lowest BCUT2D eigenvalue weighted by Gasteiger charge is -2.14. The van der Waals surface area contributed by atoms with Gasteiger partial charge in [-0.3, -0.25) is 15.6 Å². The molecule has 0 bridgehead atoms. The molecule has 25 heavy (non-hydrogen) atoms.